The Morgan fingerprint density at radius 1 is 1.41 bits per heavy atom. The van der Waals surface area contributed by atoms with Gasteiger partial charge in [-0.25, -0.2) is 0 Å². The second-order valence-corrected chi connectivity index (χ2v) is 5.28. The highest BCUT2D eigenvalue weighted by Crippen LogP contribution is 2.26. The second kappa shape index (κ2) is 5.54. The molecule has 1 heterocycles. The summed E-state index contributed by atoms with van der Waals surface area (Å²) in [7, 11) is 0. The summed E-state index contributed by atoms with van der Waals surface area (Å²) >= 11 is 7.80. The molecule has 2 rings (SSSR count). The summed E-state index contributed by atoms with van der Waals surface area (Å²) in [6.45, 7) is 2.49. The molecule has 0 aliphatic heterocycles. The molecular formula is C13H14ClNOS. The minimum Gasteiger partial charge on any atom is -0.488 e. The number of rotatable bonds is 4. The lowest BCUT2D eigenvalue weighted by Gasteiger charge is -2.10. The summed E-state index contributed by atoms with van der Waals surface area (Å²) in [6.07, 6.45) is 0. The van der Waals surface area contributed by atoms with Gasteiger partial charge in [-0.3, -0.25) is 0 Å². The normalized spacial score (nSPS) is 12.4. The molecule has 17 heavy (non-hydrogen) atoms. The lowest BCUT2D eigenvalue weighted by Crippen LogP contribution is -2.05. The molecule has 0 saturated carbocycles. The van der Waals surface area contributed by atoms with E-state index in [-0.39, 0.29) is 6.04 Å². The van der Waals surface area contributed by atoms with Crippen LogP contribution in [-0.2, 0) is 6.61 Å². The first-order valence-corrected chi connectivity index (χ1v) is 6.63. The summed E-state index contributed by atoms with van der Waals surface area (Å²) in [5, 5.41) is 2.69. The van der Waals surface area contributed by atoms with Crippen LogP contribution in [-0.4, -0.2) is 0 Å². The quantitative estimate of drug-likeness (QED) is 0.909. The van der Waals surface area contributed by atoms with E-state index in [4.69, 9.17) is 22.1 Å². The van der Waals surface area contributed by atoms with E-state index < -0.39 is 0 Å². The highest BCUT2D eigenvalue weighted by Gasteiger charge is 2.06. The summed E-state index contributed by atoms with van der Waals surface area (Å²) in [5.41, 5.74) is 6.73. The Morgan fingerprint density at radius 3 is 2.82 bits per heavy atom. The fourth-order valence-electron chi connectivity index (χ4n) is 1.52. The molecule has 0 saturated heterocycles. The van der Waals surface area contributed by atoms with Crippen LogP contribution in [0.4, 0.5) is 0 Å². The van der Waals surface area contributed by atoms with Crippen molar-refractivity contribution in [2.24, 2.45) is 5.73 Å². The van der Waals surface area contributed by atoms with E-state index in [0.717, 1.165) is 11.3 Å². The smallest absolute Gasteiger partial charge is 0.122 e. The maximum atomic E-state index is 6.13. The summed E-state index contributed by atoms with van der Waals surface area (Å²) < 4.78 is 5.65. The number of thiophene rings is 1. The van der Waals surface area contributed by atoms with Crippen molar-refractivity contribution < 1.29 is 4.74 Å². The minimum absolute atomic E-state index is 0.0613. The summed E-state index contributed by atoms with van der Waals surface area (Å²) in [4.78, 5) is 1.19. The van der Waals surface area contributed by atoms with E-state index >= 15 is 0 Å². The van der Waals surface area contributed by atoms with Crippen molar-refractivity contribution in [2.75, 3.05) is 0 Å². The van der Waals surface area contributed by atoms with Crippen LogP contribution in [0.1, 0.15) is 23.4 Å². The molecule has 2 nitrogen and oxygen atoms in total. The van der Waals surface area contributed by atoms with Crippen molar-refractivity contribution in [3.63, 3.8) is 0 Å². The van der Waals surface area contributed by atoms with Crippen LogP contribution >= 0.6 is 22.9 Å². The molecule has 0 radical (unpaired) electrons. The van der Waals surface area contributed by atoms with Gasteiger partial charge in [0.25, 0.3) is 0 Å². The van der Waals surface area contributed by atoms with Crippen LogP contribution in [0, 0.1) is 0 Å². The minimum atomic E-state index is -0.0613. The van der Waals surface area contributed by atoms with Crippen molar-refractivity contribution in [1.82, 2.24) is 0 Å². The fraction of sp³-hybridized carbons (Fsp3) is 0.231. The summed E-state index contributed by atoms with van der Waals surface area (Å²) in [5.74, 6) is 0.771. The lowest BCUT2D eigenvalue weighted by atomic mass is 10.1. The monoisotopic (exact) mass is 267 g/mol. The average molecular weight is 268 g/mol. The highest BCUT2D eigenvalue weighted by molar-refractivity contribution is 7.09. The number of halogens is 1. The van der Waals surface area contributed by atoms with Crippen LogP contribution in [0.3, 0.4) is 0 Å². The van der Waals surface area contributed by atoms with Crippen LogP contribution < -0.4 is 10.5 Å². The molecule has 4 heteroatoms. The van der Waals surface area contributed by atoms with Gasteiger partial charge >= 0.3 is 0 Å². The first kappa shape index (κ1) is 12.4. The Kier molecular flexibility index (Phi) is 4.05. The second-order valence-electron chi connectivity index (χ2n) is 3.84. The molecule has 1 atom stereocenters. The molecule has 0 aliphatic rings. The predicted molar refractivity (Wildman–Crippen MR) is 72.7 cm³/mol. The molecule has 1 aromatic heterocycles. The van der Waals surface area contributed by atoms with E-state index in [1.54, 1.807) is 11.3 Å². The first-order valence-electron chi connectivity index (χ1n) is 5.37. The van der Waals surface area contributed by atoms with E-state index in [0.29, 0.717) is 11.6 Å². The van der Waals surface area contributed by atoms with Gasteiger partial charge in [-0.15, -0.1) is 11.3 Å². The van der Waals surface area contributed by atoms with Gasteiger partial charge in [0.1, 0.15) is 12.4 Å². The SMILES string of the molecule is CC(N)c1ccc(OCc2cccs2)cc1Cl. The Morgan fingerprint density at radius 2 is 2.24 bits per heavy atom. The van der Waals surface area contributed by atoms with Gasteiger partial charge in [0.15, 0.2) is 0 Å². The maximum Gasteiger partial charge on any atom is 0.122 e. The highest BCUT2D eigenvalue weighted by atomic mass is 35.5. The Labute approximate surface area is 110 Å². The van der Waals surface area contributed by atoms with Gasteiger partial charge in [0.2, 0.25) is 0 Å². The molecule has 90 valence electrons. The van der Waals surface area contributed by atoms with Crippen molar-refractivity contribution in [3.8, 4) is 5.75 Å². The zero-order chi connectivity index (χ0) is 12.3. The standard InChI is InChI=1S/C13H14ClNOS/c1-9(15)12-5-4-10(7-13(12)14)16-8-11-3-2-6-17-11/h2-7,9H,8,15H2,1H3. The number of nitrogens with two attached hydrogens (primary N) is 1. The van der Waals surface area contributed by atoms with Gasteiger partial charge in [-0.05, 0) is 36.1 Å². The van der Waals surface area contributed by atoms with Crippen LogP contribution in [0.25, 0.3) is 0 Å². The van der Waals surface area contributed by atoms with Crippen molar-refractivity contribution in [2.45, 2.75) is 19.6 Å². The van der Waals surface area contributed by atoms with E-state index in [1.165, 1.54) is 4.88 Å². The topological polar surface area (TPSA) is 35.2 Å². The third-order valence-corrected chi connectivity index (χ3v) is 3.60. The Hall–Kier alpha value is -1.03. The third kappa shape index (κ3) is 3.22. The molecule has 1 aromatic carbocycles. The van der Waals surface area contributed by atoms with E-state index in [9.17, 15) is 0 Å². The van der Waals surface area contributed by atoms with E-state index in [1.807, 2.05) is 42.6 Å². The number of ether oxygens (including phenoxy) is 1. The molecule has 2 aromatic rings. The molecule has 0 fully saturated rings. The largest absolute Gasteiger partial charge is 0.488 e. The van der Waals surface area contributed by atoms with Crippen molar-refractivity contribution in [3.05, 3.63) is 51.2 Å². The van der Waals surface area contributed by atoms with Gasteiger partial charge < -0.3 is 10.5 Å². The van der Waals surface area contributed by atoms with Gasteiger partial charge in [-0.1, -0.05) is 23.7 Å². The molecule has 0 spiro atoms. The molecular weight excluding hydrogens is 254 g/mol. The number of benzene rings is 1. The Balaban J connectivity index is 2.05. The van der Waals surface area contributed by atoms with Crippen LogP contribution in [0.15, 0.2) is 35.7 Å². The van der Waals surface area contributed by atoms with Gasteiger partial charge in [-0.2, -0.15) is 0 Å². The lowest BCUT2D eigenvalue weighted by molar-refractivity contribution is 0.309. The molecule has 0 bridgehead atoms. The molecule has 0 amide bonds. The van der Waals surface area contributed by atoms with Gasteiger partial charge in [0.05, 0.1) is 0 Å². The molecule has 1 unspecified atom stereocenters. The predicted octanol–water partition coefficient (Wildman–Crippen LogP) is 4.00. The van der Waals surface area contributed by atoms with Crippen LogP contribution in [0.5, 0.6) is 5.75 Å². The average Bonchev–Trinajstić information content (AvgIpc) is 2.78. The number of hydrogen-bond donors (Lipinski definition) is 1. The third-order valence-electron chi connectivity index (χ3n) is 2.42. The number of hydrogen-bond acceptors (Lipinski definition) is 3. The van der Waals surface area contributed by atoms with Crippen molar-refractivity contribution in [1.29, 1.82) is 0 Å². The van der Waals surface area contributed by atoms with Gasteiger partial charge in [0, 0.05) is 15.9 Å². The molecule has 2 N–H and O–H groups in total. The first-order chi connectivity index (χ1) is 8.16. The Bertz CT molecular complexity index is 482. The van der Waals surface area contributed by atoms with Crippen molar-refractivity contribution >= 4 is 22.9 Å². The fourth-order valence-corrected chi connectivity index (χ4v) is 2.47. The zero-order valence-electron chi connectivity index (χ0n) is 9.52. The van der Waals surface area contributed by atoms with E-state index in [2.05, 4.69) is 0 Å². The van der Waals surface area contributed by atoms with Crippen LogP contribution in [0.2, 0.25) is 5.02 Å². The summed E-state index contributed by atoms with van der Waals surface area (Å²) in [6, 6.07) is 9.62. The molecule has 0 aliphatic carbocycles. The maximum absolute atomic E-state index is 6.13. The zero-order valence-corrected chi connectivity index (χ0v) is 11.1.